The van der Waals surface area contributed by atoms with Gasteiger partial charge in [-0.3, -0.25) is 0 Å². The van der Waals surface area contributed by atoms with Crippen LogP contribution in [0.25, 0.3) is 0 Å². The Bertz CT molecular complexity index is 388. The quantitative estimate of drug-likeness (QED) is 0.853. The van der Waals surface area contributed by atoms with Crippen LogP contribution in [0.15, 0.2) is 24.3 Å². The summed E-state index contributed by atoms with van der Waals surface area (Å²) in [4.78, 5) is 0. The molecule has 1 heterocycles. The largest absolute Gasteiger partial charge is 0.366 e. The minimum absolute atomic E-state index is 0.146. The molecule has 1 atom stereocenters. The fraction of sp³-hybridized carbons (Fsp3) is 0.571. The van der Waals surface area contributed by atoms with Crippen LogP contribution in [-0.4, -0.2) is 24.3 Å². The SMILES string of the molecule is CC1(C)CNCC(C)(Cc2ccc(F)cc2)O1. The van der Waals surface area contributed by atoms with E-state index in [-0.39, 0.29) is 17.0 Å². The van der Waals surface area contributed by atoms with Crippen molar-refractivity contribution < 1.29 is 9.13 Å². The lowest BCUT2D eigenvalue weighted by atomic mass is 9.92. The lowest BCUT2D eigenvalue weighted by Crippen LogP contribution is -2.57. The highest BCUT2D eigenvalue weighted by atomic mass is 19.1. The van der Waals surface area contributed by atoms with Gasteiger partial charge in [-0.1, -0.05) is 12.1 Å². The van der Waals surface area contributed by atoms with E-state index in [9.17, 15) is 4.39 Å². The maximum absolute atomic E-state index is 12.8. The van der Waals surface area contributed by atoms with Gasteiger partial charge in [-0.25, -0.2) is 4.39 Å². The molecule has 1 aromatic carbocycles. The predicted molar refractivity (Wildman–Crippen MR) is 66.5 cm³/mol. The van der Waals surface area contributed by atoms with Gasteiger partial charge >= 0.3 is 0 Å². The monoisotopic (exact) mass is 237 g/mol. The van der Waals surface area contributed by atoms with Gasteiger partial charge in [-0.2, -0.15) is 0 Å². The molecule has 1 aliphatic heterocycles. The van der Waals surface area contributed by atoms with Crippen LogP contribution in [0.1, 0.15) is 26.3 Å². The Kier molecular flexibility index (Phi) is 3.23. The maximum Gasteiger partial charge on any atom is 0.123 e. The number of benzene rings is 1. The molecule has 1 fully saturated rings. The number of morpholine rings is 1. The van der Waals surface area contributed by atoms with E-state index >= 15 is 0 Å². The minimum atomic E-state index is -0.223. The zero-order valence-corrected chi connectivity index (χ0v) is 10.7. The van der Waals surface area contributed by atoms with Crippen LogP contribution in [0.3, 0.4) is 0 Å². The molecule has 1 saturated heterocycles. The number of nitrogens with one attached hydrogen (secondary N) is 1. The Morgan fingerprint density at radius 2 is 1.82 bits per heavy atom. The van der Waals surface area contributed by atoms with E-state index in [0.717, 1.165) is 25.1 Å². The molecule has 0 spiro atoms. The van der Waals surface area contributed by atoms with E-state index in [4.69, 9.17) is 4.74 Å². The van der Waals surface area contributed by atoms with Gasteiger partial charge in [0.25, 0.3) is 0 Å². The van der Waals surface area contributed by atoms with Crippen molar-refractivity contribution in [3.05, 3.63) is 35.6 Å². The third-order valence-corrected chi connectivity index (χ3v) is 3.06. The molecule has 0 amide bonds. The van der Waals surface area contributed by atoms with Crippen molar-refractivity contribution in [2.24, 2.45) is 0 Å². The van der Waals surface area contributed by atoms with Crippen molar-refractivity contribution in [1.29, 1.82) is 0 Å². The van der Waals surface area contributed by atoms with Crippen LogP contribution >= 0.6 is 0 Å². The minimum Gasteiger partial charge on any atom is -0.366 e. The van der Waals surface area contributed by atoms with Gasteiger partial charge in [-0.05, 0) is 38.5 Å². The highest BCUT2D eigenvalue weighted by molar-refractivity contribution is 5.18. The van der Waals surface area contributed by atoms with Crippen molar-refractivity contribution in [3.8, 4) is 0 Å². The van der Waals surface area contributed by atoms with Crippen LogP contribution in [0.5, 0.6) is 0 Å². The molecule has 94 valence electrons. The second-order valence-electron chi connectivity index (χ2n) is 5.72. The first-order chi connectivity index (χ1) is 7.89. The number of ether oxygens (including phenoxy) is 1. The first-order valence-electron chi connectivity index (χ1n) is 6.04. The summed E-state index contributed by atoms with van der Waals surface area (Å²) < 4.78 is 19.0. The van der Waals surface area contributed by atoms with Crippen molar-refractivity contribution in [1.82, 2.24) is 5.32 Å². The molecule has 2 nitrogen and oxygen atoms in total. The first kappa shape index (κ1) is 12.5. The Labute approximate surface area is 102 Å². The molecule has 1 aliphatic rings. The van der Waals surface area contributed by atoms with Gasteiger partial charge in [0.05, 0.1) is 11.2 Å². The molecule has 0 saturated carbocycles. The Morgan fingerprint density at radius 3 is 2.41 bits per heavy atom. The molecule has 17 heavy (non-hydrogen) atoms. The first-order valence-corrected chi connectivity index (χ1v) is 6.04. The molecule has 0 bridgehead atoms. The third kappa shape index (κ3) is 3.27. The Balaban J connectivity index is 2.09. The van der Waals surface area contributed by atoms with Crippen molar-refractivity contribution in [2.75, 3.05) is 13.1 Å². The molecule has 1 aromatic rings. The summed E-state index contributed by atoms with van der Waals surface area (Å²) in [5.74, 6) is -0.193. The summed E-state index contributed by atoms with van der Waals surface area (Å²) in [6.45, 7) is 7.97. The Hall–Kier alpha value is -0.930. The molecule has 0 radical (unpaired) electrons. The molecule has 0 aliphatic carbocycles. The summed E-state index contributed by atoms with van der Waals surface area (Å²) in [5, 5.41) is 3.40. The smallest absolute Gasteiger partial charge is 0.123 e. The van der Waals surface area contributed by atoms with Gasteiger partial charge in [-0.15, -0.1) is 0 Å². The van der Waals surface area contributed by atoms with E-state index < -0.39 is 0 Å². The summed E-state index contributed by atoms with van der Waals surface area (Å²) >= 11 is 0. The highest BCUT2D eigenvalue weighted by Crippen LogP contribution is 2.27. The van der Waals surface area contributed by atoms with Crippen LogP contribution in [0.4, 0.5) is 4.39 Å². The van der Waals surface area contributed by atoms with E-state index in [0.29, 0.717) is 0 Å². The summed E-state index contributed by atoms with van der Waals surface area (Å²) in [7, 11) is 0. The van der Waals surface area contributed by atoms with E-state index in [1.807, 2.05) is 12.1 Å². The summed E-state index contributed by atoms with van der Waals surface area (Å²) in [5.41, 5.74) is 0.737. The Morgan fingerprint density at radius 1 is 1.18 bits per heavy atom. The maximum atomic E-state index is 12.8. The van der Waals surface area contributed by atoms with Crippen molar-refractivity contribution in [2.45, 2.75) is 38.4 Å². The van der Waals surface area contributed by atoms with Gasteiger partial charge in [0.15, 0.2) is 0 Å². The number of rotatable bonds is 2. The van der Waals surface area contributed by atoms with E-state index in [1.165, 1.54) is 12.1 Å². The van der Waals surface area contributed by atoms with Crippen molar-refractivity contribution >= 4 is 0 Å². The zero-order valence-electron chi connectivity index (χ0n) is 10.7. The van der Waals surface area contributed by atoms with Crippen LogP contribution < -0.4 is 5.32 Å². The fourth-order valence-corrected chi connectivity index (χ4v) is 2.50. The molecule has 1 N–H and O–H groups in total. The second kappa shape index (κ2) is 4.39. The molecular formula is C14H20FNO. The molecule has 0 aromatic heterocycles. The molecule has 2 rings (SSSR count). The number of hydrogen-bond donors (Lipinski definition) is 1. The second-order valence-corrected chi connectivity index (χ2v) is 5.72. The third-order valence-electron chi connectivity index (χ3n) is 3.06. The summed E-state index contributed by atoms with van der Waals surface area (Å²) in [6.07, 6.45) is 0.795. The fourth-order valence-electron chi connectivity index (χ4n) is 2.50. The average Bonchev–Trinajstić information content (AvgIpc) is 2.19. The average molecular weight is 237 g/mol. The molecule has 1 unspecified atom stereocenters. The zero-order chi connectivity index (χ0) is 12.5. The normalized spacial score (nSPS) is 28.0. The van der Waals surface area contributed by atoms with E-state index in [1.54, 1.807) is 0 Å². The lowest BCUT2D eigenvalue weighted by Gasteiger charge is -2.44. The molecule has 3 heteroatoms. The summed E-state index contributed by atoms with van der Waals surface area (Å²) in [6, 6.07) is 6.65. The lowest BCUT2D eigenvalue weighted by molar-refractivity contribution is -0.151. The number of hydrogen-bond acceptors (Lipinski definition) is 2. The van der Waals surface area contributed by atoms with Crippen LogP contribution in [-0.2, 0) is 11.2 Å². The topological polar surface area (TPSA) is 21.3 Å². The van der Waals surface area contributed by atoms with Gasteiger partial charge in [0.1, 0.15) is 5.82 Å². The van der Waals surface area contributed by atoms with Gasteiger partial charge in [0.2, 0.25) is 0 Å². The highest BCUT2D eigenvalue weighted by Gasteiger charge is 2.37. The number of halogens is 1. The van der Waals surface area contributed by atoms with Crippen LogP contribution in [0, 0.1) is 5.82 Å². The molecular weight excluding hydrogens is 217 g/mol. The standard InChI is InChI=1S/C14H20FNO/c1-13(2)9-16-10-14(3,17-13)8-11-4-6-12(15)7-5-11/h4-7,16H,8-10H2,1-3H3. The van der Waals surface area contributed by atoms with Crippen molar-refractivity contribution in [3.63, 3.8) is 0 Å². The van der Waals surface area contributed by atoms with Gasteiger partial charge in [0, 0.05) is 19.5 Å². The van der Waals surface area contributed by atoms with Gasteiger partial charge < -0.3 is 10.1 Å². The van der Waals surface area contributed by atoms with E-state index in [2.05, 4.69) is 26.1 Å². The van der Waals surface area contributed by atoms with Crippen LogP contribution in [0.2, 0.25) is 0 Å². The predicted octanol–water partition coefficient (Wildman–Crippen LogP) is 2.53.